The molecule has 0 radical (unpaired) electrons. The van der Waals surface area contributed by atoms with Gasteiger partial charge in [0.15, 0.2) is 11.4 Å². The molecular weight excluding hydrogens is 287 g/mol. The van der Waals surface area contributed by atoms with Crippen LogP contribution in [0.25, 0.3) is 0 Å². The Morgan fingerprint density at radius 1 is 1.11 bits per heavy atom. The van der Waals surface area contributed by atoms with Gasteiger partial charge in [-0.2, -0.15) is 13.2 Å². The van der Waals surface area contributed by atoms with Crippen molar-refractivity contribution >= 4 is 0 Å². The number of rotatable bonds is 3. The Kier molecular flexibility index (Phi) is 4.11. The predicted molar refractivity (Wildman–Crippen MR) is 47.3 cm³/mol. The zero-order chi connectivity index (χ0) is 14.8. The molecule has 0 aliphatic carbocycles. The van der Waals surface area contributed by atoms with Crippen LogP contribution >= 0.6 is 0 Å². The molecule has 0 atom stereocenters. The molecule has 10 heteroatoms. The Bertz CT molecular complexity index is 455. The lowest BCUT2D eigenvalue weighted by molar-refractivity contribution is -0.277. The minimum atomic E-state index is -5.40. The fraction of sp³-hybridized carbons (Fsp3) is 0.444. The highest BCUT2D eigenvalue weighted by Gasteiger charge is 2.43. The maximum atomic E-state index is 12.5. The van der Waals surface area contributed by atoms with Crippen molar-refractivity contribution in [1.82, 2.24) is 4.98 Å². The molecule has 19 heavy (non-hydrogen) atoms. The van der Waals surface area contributed by atoms with Crippen molar-refractivity contribution in [3.05, 3.63) is 17.5 Å². The van der Waals surface area contributed by atoms with Crippen molar-refractivity contribution in [3.8, 4) is 11.5 Å². The van der Waals surface area contributed by atoms with Crippen molar-refractivity contribution in [2.75, 3.05) is 7.11 Å². The van der Waals surface area contributed by atoms with E-state index < -0.39 is 42.0 Å². The number of halogens is 7. The van der Waals surface area contributed by atoms with Crippen LogP contribution in [0.1, 0.15) is 11.3 Å². The Labute approximate surface area is 101 Å². The Balaban J connectivity index is 3.49. The molecule has 1 aromatic rings. The number of aromatic nitrogens is 1. The van der Waals surface area contributed by atoms with Gasteiger partial charge in [-0.3, -0.25) is 0 Å². The van der Waals surface area contributed by atoms with Crippen LogP contribution in [0.15, 0.2) is 6.20 Å². The van der Waals surface area contributed by atoms with Crippen LogP contribution in [0.3, 0.4) is 0 Å². The summed E-state index contributed by atoms with van der Waals surface area (Å²) >= 11 is 0. The van der Waals surface area contributed by atoms with Crippen LogP contribution in [0.2, 0.25) is 0 Å². The van der Waals surface area contributed by atoms with Crippen LogP contribution in [-0.4, -0.2) is 18.5 Å². The molecular formula is C9H6F7NO2. The smallest absolute Gasteiger partial charge is 0.492 e. The molecule has 0 unspecified atom stereocenters. The summed E-state index contributed by atoms with van der Waals surface area (Å²) in [6.45, 7) is -1.36. The van der Waals surface area contributed by atoms with Crippen molar-refractivity contribution in [3.63, 3.8) is 0 Å². The van der Waals surface area contributed by atoms with Gasteiger partial charge in [0.05, 0.1) is 7.11 Å². The molecule has 0 saturated heterocycles. The Hall–Kier alpha value is -1.74. The molecule has 0 bridgehead atoms. The minimum Gasteiger partial charge on any atom is -0.492 e. The monoisotopic (exact) mass is 293 g/mol. The molecule has 108 valence electrons. The summed E-state index contributed by atoms with van der Waals surface area (Å²) in [6, 6.07) is 0. The van der Waals surface area contributed by atoms with E-state index in [1.807, 2.05) is 0 Å². The average Bonchev–Trinajstić information content (AvgIpc) is 2.24. The second-order valence-electron chi connectivity index (χ2n) is 3.17. The summed E-state index contributed by atoms with van der Waals surface area (Å²) in [6.07, 6.45) is -10.2. The van der Waals surface area contributed by atoms with Crippen molar-refractivity contribution in [2.45, 2.75) is 19.2 Å². The standard InChI is InChI=1S/C9H6F7NO2/c1-18-5-4(2-10)3-17-7(8(11,12)13)6(5)19-9(14,15)16/h3H,2H2,1H3. The van der Waals surface area contributed by atoms with E-state index in [2.05, 4.69) is 14.5 Å². The molecule has 1 heterocycles. The summed E-state index contributed by atoms with van der Waals surface area (Å²) in [5.41, 5.74) is -2.53. The average molecular weight is 293 g/mol. The van der Waals surface area contributed by atoms with Gasteiger partial charge in [0.1, 0.15) is 6.67 Å². The zero-order valence-corrected chi connectivity index (χ0v) is 9.19. The number of alkyl halides is 7. The van der Waals surface area contributed by atoms with Crippen LogP contribution in [0.5, 0.6) is 11.5 Å². The normalized spacial score (nSPS) is 12.4. The number of methoxy groups -OCH3 is 1. The fourth-order valence-electron chi connectivity index (χ4n) is 1.24. The molecule has 3 nitrogen and oxygen atoms in total. The van der Waals surface area contributed by atoms with Gasteiger partial charge in [-0.15, -0.1) is 13.2 Å². The molecule has 0 amide bonds. The van der Waals surface area contributed by atoms with Crippen LogP contribution in [0, 0.1) is 0 Å². The molecule has 0 aromatic carbocycles. The number of pyridine rings is 1. The zero-order valence-electron chi connectivity index (χ0n) is 9.19. The van der Waals surface area contributed by atoms with Gasteiger partial charge in [0.25, 0.3) is 0 Å². The van der Waals surface area contributed by atoms with E-state index in [1.54, 1.807) is 0 Å². The van der Waals surface area contributed by atoms with Crippen molar-refractivity contribution in [2.24, 2.45) is 0 Å². The van der Waals surface area contributed by atoms with E-state index in [1.165, 1.54) is 0 Å². The van der Waals surface area contributed by atoms with Crippen molar-refractivity contribution in [1.29, 1.82) is 0 Å². The van der Waals surface area contributed by atoms with Gasteiger partial charge in [0, 0.05) is 11.8 Å². The first-order valence-corrected chi connectivity index (χ1v) is 4.55. The maximum absolute atomic E-state index is 12.5. The Morgan fingerprint density at radius 2 is 1.68 bits per heavy atom. The van der Waals surface area contributed by atoms with Crippen LogP contribution in [0.4, 0.5) is 30.7 Å². The first-order valence-electron chi connectivity index (χ1n) is 4.55. The molecule has 0 fully saturated rings. The molecule has 0 spiro atoms. The summed E-state index contributed by atoms with van der Waals surface area (Å²) in [5, 5.41) is 0. The predicted octanol–water partition coefficient (Wildman–Crippen LogP) is 3.48. The molecule has 1 aromatic heterocycles. The number of nitrogens with zero attached hydrogens (tertiary/aromatic N) is 1. The van der Waals surface area contributed by atoms with E-state index in [0.717, 1.165) is 7.11 Å². The van der Waals surface area contributed by atoms with E-state index in [4.69, 9.17) is 0 Å². The first-order chi connectivity index (χ1) is 8.60. The third-order valence-corrected chi connectivity index (χ3v) is 1.90. The highest BCUT2D eigenvalue weighted by atomic mass is 19.4. The summed E-state index contributed by atoms with van der Waals surface area (Å²) < 4.78 is 93.9. The molecule has 0 saturated carbocycles. The van der Waals surface area contributed by atoms with Gasteiger partial charge in [-0.1, -0.05) is 0 Å². The summed E-state index contributed by atoms with van der Waals surface area (Å²) in [4.78, 5) is 2.74. The third-order valence-electron chi connectivity index (χ3n) is 1.90. The first kappa shape index (κ1) is 15.3. The van der Waals surface area contributed by atoms with Crippen molar-refractivity contribution < 1.29 is 40.2 Å². The lowest BCUT2D eigenvalue weighted by atomic mass is 10.2. The van der Waals surface area contributed by atoms with Gasteiger partial charge >= 0.3 is 12.5 Å². The Morgan fingerprint density at radius 3 is 2.05 bits per heavy atom. The minimum absolute atomic E-state index is 0.435. The van der Waals surface area contributed by atoms with Crippen LogP contribution in [-0.2, 0) is 12.9 Å². The largest absolute Gasteiger partial charge is 0.573 e. The lowest BCUT2D eigenvalue weighted by Gasteiger charge is -2.18. The van der Waals surface area contributed by atoms with Crippen LogP contribution < -0.4 is 9.47 Å². The highest BCUT2D eigenvalue weighted by molar-refractivity contribution is 5.49. The topological polar surface area (TPSA) is 31.4 Å². The summed E-state index contributed by atoms with van der Waals surface area (Å²) in [7, 11) is 0.790. The third kappa shape index (κ3) is 3.61. The molecule has 1 rings (SSSR count). The van der Waals surface area contributed by atoms with E-state index in [9.17, 15) is 30.7 Å². The number of hydrogen-bond donors (Lipinski definition) is 0. The number of ether oxygens (including phenoxy) is 2. The van der Waals surface area contributed by atoms with Gasteiger partial charge < -0.3 is 9.47 Å². The molecule has 0 aliphatic rings. The lowest BCUT2D eigenvalue weighted by Crippen LogP contribution is -2.22. The van der Waals surface area contributed by atoms with E-state index >= 15 is 0 Å². The van der Waals surface area contributed by atoms with E-state index in [0.29, 0.717) is 6.20 Å². The summed E-state index contributed by atoms with van der Waals surface area (Å²) in [5.74, 6) is -2.71. The fourth-order valence-corrected chi connectivity index (χ4v) is 1.24. The highest BCUT2D eigenvalue weighted by Crippen LogP contribution is 2.44. The van der Waals surface area contributed by atoms with Gasteiger partial charge in [-0.25, -0.2) is 9.37 Å². The SMILES string of the molecule is COc1c(CF)cnc(C(F)(F)F)c1OC(F)(F)F. The molecule has 0 N–H and O–H groups in total. The quantitative estimate of drug-likeness (QED) is 0.800. The second-order valence-corrected chi connectivity index (χ2v) is 3.17. The van der Waals surface area contributed by atoms with Gasteiger partial charge in [0.2, 0.25) is 5.75 Å². The maximum Gasteiger partial charge on any atom is 0.573 e. The second kappa shape index (κ2) is 5.10. The molecule has 0 aliphatic heterocycles. The number of hydrogen-bond acceptors (Lipinski definition) is 3. The van der Waals surface area contributed by atoms with E-state index in [-0.39, 0.29) is 0 Å². The van der Waals surface area contributed by atoms with Gasteiger partial charge in [-0.05, 0) is 0 Å².